The van der Waals surface area contributed by atoms with Crippen LogP contribution < -0.4 is 21.3 Å². The first-order valence-corrected chi connectivity index (χ1v) is 15.9. The maximum Gasteiger partial charge on any atom is 0.275 e. The highest BCUT2D eigenvalue weighted by molar-refractivity contribution is 6.97. The van der Waals surface area contributed by atoms with Gasteiger partial charge < -0.3 is 4.74 Å². The van der Waals surface area contributed by atoms with Crippen molar-refractivity contribution in [2.75, 3.05) is 0 Å². The highest BCUT2D eigenvalue weighted by atomic mass is 16.5. The minimum absolute atomic E-state index is 0.0288. The number of ether oxygens (including phenoxy) is 1. The summed E-state index contributed by atoms with van der Waals surface area (Å²) in [5.74, 6) is 2.41. The molecule has 10 rings (SSSR count). The SMILES string of the molecule is c1ccc(-c2ccc(-c3cccc4c3Cc3c(-c5ncc6c(n5)B5c7ccccc7Cc7cccc(c75)O6)cccc3-4)cc2)cc1. The number of hydrogen-bond donors (Lipinski definition) is 0. The second-order valence-electron chi connectivity index (χ2n) is 12.5. The molecule has 1 aromatic heterocycles. The van der Waals surface area contributed by atoms with Gasteiger partial charge in [0.1, 0.15) is 5.75 Å². The topological polar surface area (TPSA) is 35.0 Å². The Balaban J connectivity index is 1.06. The number of nitrogens with zero attached hydrogens (tertiary/aromatic N) is 2. The molecule has 214 valence electrons. The molecular weight excluding hydrogens is 559 g/mol. The number of benzene rings is 6. The van der Waals surface area contributed by atoms with Crippen molar-refractivity contribution in [3.8, 4) is 56.3 Å². The highest BCUT2D eigenvalue weighted by Gasteiger charge is 2.40. The van der Waals surface area contributed by atoms with E-state index in [1.165, 1.54) is 66.6 Å². The largest absolute Gasteiger partial charge is 0.455 e. The Hall–Kier alpha value is -5.74. The summed E-state index contributed by atoms with van der Waals surface area (Å²) in [4.78, 5) is 10.3. The predicted molar refractivity (Wildman–Crippen MR) is 187 cm³/mol. The molecule has 0 radical (unpaired) electrons. The molecule has 0 saturated carbocycles. The molecule has 2 aliphatic heterocycles. The van der Waals surface area contributed by atoms with Gasteiger partial charge in [-0.25, -0.2) is 9.97 Å². The third kappa shape index (κ3) is 3.80. The van der Waals surface area contributed by atoms with E-state index >= 15 is 0 Å². The van der Waals surface area contributed by atoms with Crippen molar-refractivity contribution < 1.29 is 4.74 Å². The van der Waals surface area contributed by atoms with E-state index in [2.05, 4.69) is 133 Å². The number of rotatable bonds is 3. The standard InChI is InChI=1S/C42H27BN2O/c1-2-9-26(10-3-1)27-19-21-28(22-20-27)31-13-7-14-32-33-15-8-16-34(36(33)24-35(31)32)42-44-25-39-41(45-42)43-37-17-5-4-11-29(37)23-30-12-6-18-38(46-39)40(30)43/h1-22,25H,23-24H2. The van der Waals surface area contributed by atoms with Crippen LogP contribution in [0.4, 0.5) is 0 Å². The van der Waals surface area contributed by atoms with Gasteiger partial charge in [0.15, 0.2) is 11.6 Å². The third-order valence-electron chi connectivity index (χ3n) is 10.0. The van der Waals surface area contributed by atoms with Crippen molar-refractivity contribution in [2.45, 2.75) is 12.8 Å². The van der Waals surface area contributed by atoms with E-state index in [1.54, 1.807) is 0 Å². The van der Waals surface area contributed by atoms with Gasteiger partial charge in [-0.1, -0.05) is 133 Å². The van der Waals surface area contributed by atoms with Crippen LogP contribution in [0.25, 0.3) is 44.8 Å². The summed E-state index contributed by atoms with van der Waals surface area (Å²) < 4.78 is 6.45. The lowest BCUT2D eigenvalue weighted by Crippen LogP contribution is -2.60. The van der Waals surface area contributed by atoms with E-state index in [0.29, 0.717) is 0 Å². The lowest BCUT2D eigenvalue weighted by molar-refractivity contribution is 0.482. The third-order valence-corrected chi connectivity index (χ3v) is 10.0. The molecule has 3 aliphatic rings. The van der Waals surface area contributed by atoms with Crippen LogP contribution in [0.15, 0.2) is 140 Å². The zero-order valence-corrected chi connectivity index (χ0v) is 25.1. The summed E-state index contributed by atoms with van der Waals surface area (Å²) in [6.07, 6.45) is 3.63. The van der Waals surface area contributed by atoms with Crippen molar-refractivity contribution in [3.63, 3.8) is 0 Å². The van der Waals surface area contributed by atoms with Gasteiger partial charge in [0, 0.05) is 12.0 Å². The van der Waals surface area contributed by atoms with Crippen molar-refractivity contribution in [1.29, 1.82) is 0 Å². The molecule has 7 aromatic rings. The molecule has 0 atom stereocenters. The molecule has 4 heteroatoms. The Bertz CT molecular complexity index is 2330. The number of aromatic nitrogens is 2. The summed E-state index contributed by atoms with van der Waals surface area (Å²) >= 11 is 0. The Morgan fingerprint density at radius 1 is 0.500 bits per heavy atom. The summed E-state index contributed by atoms with van der Waals surface area (Å²) in [7, 11) is 0. The molecule has 0 spiro atoms. The number of hydrogen-bond acceptors (Lipinski definition) is 3. The van der Waals surface area contributed by atoms with Crippen molar-refractivity contribution in [3.05, 3.63) is 162 Å². The summed E-state index contributed by atoms with van der Waals surface area (Å²) in [5.41, 5.74) is 17.4. The molecule has 6 aromatic carbocycles. The molecule has 1 aliphatic carbocycles. The average Bonchev–Trinajstić information content (AvgIpc) is 3.51. The van der Waals surface area contributed by atoms with Crippen LogP contribution in [0.5, 0.6) is 11.5 Å². The first-order chi connectivity index (χ1) is 22.8. The molecule has 0 N–H and O–H groups in total. The van der Waals surface area contributed by atoms with Gasteiger partial charge in [0.25, 0.3) is 6.71 Å². The number of fused-ring (bicyclic) bond motifs is 7. The van der Waals surface area contributed by atoms with E-state index in [9.17, 15) is 0 Å². The van der Waals surface area contributed by atoms with Crippen LogP contribution in [0, 0.1) is 0 Å². The van der Waals surface area contributed by atoms with Crippen LogP contribution in [0.2, 0.25) is 0 Å². The van der Waals surface area contributed by atoms with Gasteiger partial charge in [0.2, 0.25) is 0 Å². The maximum atomic E-state index is 6.45. The first kappa shape index (κ1) is 25.6. The van der Waals surface area contributed by atoms with E-state index in [0.717, 1.165) is 41.3 Å². The molecule has 46 heavy (non-hydrogen) atoms. The average molecular weight is 587 g/mol. The van der Waals surface area contributed by atoms with E-state index < -0.39 is 0 Å². The normalized spacial score (nSPS) is 13.2. The zero-order valence-electron chi connectivity index (χ0n) is 25.1. The predicted octanol–water partition coefficient (Wildman–Crippen LogP) is 7.57. The van der Waals surface area contributed by atoms with Gasteiger partial charge in [-0.2, -0.15) is 0 Å². The Kier molecular flexibility index (Phi) is 5.50. The maximum absolute atomic E-state index is 6.45. The minimum atomic E-state index is 0.0288. The Morgan fingerprint density at radius 2 is 1.15 bits per heavy atom. The molecule has 0 amide bonds. The van der Waals surface area contributed by atoms with E-state index in [1.807, 2.05) is 6.20 Å². The fourth-order valence-corrected chi connectivity index (χ4v) is 7.89. The van der Waals surface area contributed by atoms with Crippen molar-refractivity contribution >= 4 is 23.2 Å². The van der Waals surface area contributed by atoms with Gasteiger partial charge in [-0.3, -0.25) is 0 Å². The fourth-order valence-electron chi connectivity index (χ4n) is 7.89. The smallest absolute Gasteiger partial charge is 0.275 e. The van der Waals surface area contributed by atoms with Crippen molar-refractivity contribution in [2.24, 2.45) is 0 Å². The molecule has 0 fully saturated rings. The summed E-state index contributed by atoms with van der Waals surface area (Å²) in [6.45, 7) is 0.0288. The highest BCUT2D eigenvalue weighted by Crippen LogP contribution is 2.45. The molecule has 3 heterocycles. The molecule has 3 nitrogen and oxygen atoms in total. The van der Waals surface area contributed by atoms with Crippen LogP contribution in [0.1, 0.15) is 22.3 Å². The summed E-state index contributed by atoms with van der Waals surface area (Å²) in [5, 5.41) is 0. The first-order valence-electron chi connectivity index (χ1n) is 15.9. The van der Waals surface area contributed by atoms with Crippen LogP contribution in [-0.2, 0) is 12.8 Å². The lowest BCUT2D eigenvalue weighted by Gasteiger charge is -2.32. The molecule has 0 bridgehead atoms. The van der Waals surface area contributed by atoms with Crippen molar-refractivity contribution in [1.82, 2.24) is 9.97 Å². The zero-order chi connectivity index (χ0) is 30.2. The molecule has 0 saturated heterocycles. The quantitative estimate of drug-likeness (QED) is 0.200. The van der Waals surface area contributed by atoms with E-state index in [-0.39, 0.29) is 6.71 Å². The van der Waals surface area contributed by atoms with Gasteiger partial charge >= 0.3 is 0 Å². The van der Waals surface area contributed by atoms with Gasteiger partial charge in [-0.15, -0.1) is 0 Å². The van der Waals surface area contributed by atoms with Gasteiger partial charge in [-0.05, 0) is 73.6 Å². The Morgan fingerprint density at radius 3 is 2.00 bits per heavy atom. The minimum Gasteiger partial charge on any atom is -0.455 e. The van der Waals surface area contributed by atoms with Gasteiger partial charge in [0.05, 0.1) is 11.8 Å². The van der Waals surface area contributed by atoms with Crippen LogP contribution in [0.3, 0.4) is 0 Å². The van der Waals surface area contributed by atoms with Crippen LogP contribution >= 0.6 is 0 Å². The lowest BCUT2D eigenvalue weighted by atomic mass is 9.34. The fraction of sp³-hybridized carbons (Fsp3) is 0.0476. The molecular formula is C42H27BN2O. The van der Waals surface area contributed by atoms with Crippen LogP contribution in [-0.4, -0.2) is 16.7 Å². The Labute approximate surface area is 268 Å². The van der Waals surface area contributed by atoms with E-state index in [4.69, 9.17) is 14.7 Å². The summed E-state index contributed by atoms with van der Waals surface area (Å²) in [6, 6.07) is 48.0. The second-order valence-corrected chi connectivity index (χ2v) is 12.5. The monoisotopic (exact) mass is 586 g/mol. The second kappa shape index (κ2) is 9.88. The molecule has 0 unspecified atom stereocenters.